The molecule has 27 heavy (non-hydrogen) atoms. The van der Waals surface area contributed by atoms with E-state index in [4.69, 9.17) is 15.3 Å². The van der Waals surface area contributed by atoms with E-state index in [2.05, 4.69) is 29.2 Å². The van der Waals surface area contributed by atoms with Crippen LogP contribution in [0.3, 0.4) is 0 Å². The van der Waals surface area contributed by atoms with Gasteiger partial charge in [0.25, 0.3) is 5.56 Å². The highest BCUT2D eigenvalue weighted by atomic mass is 16.5. The Kier molecular flexibility index (Phi) is 4.16. The molecule has 8 heteroatoms. The molecule has 1 unspecified atom stereocenters. The minimum absolute atomic E-state index is 0.170. The van der Waals surface area contributed by atoms with Gasteiger partial charge in [0.05, 0.1) is 30.4 Å². The van der Waals surface area contributed by atoms with Crippen LogP contribution < -0.4 is 21.6 Å². The zero-order chi connectivity index (χ0) is 19.2. The summed E-state index contributed by atoms with van der Waals surface area (Å²) in [5.41, 5.74) is 5.13. The van der Waals surface area contributed by atoms with E-state index in [-0.39, 0.29) is 17.1 Å². The molecule has 0 aliphatic carbocycles. The smallest absolute Gasteiger partial charge is 0.269 e. The average Bonchev–Trinajstić information content (AvgIpc) is 3.05. The predicted octanol–water partition coefficient (Wildman–Crippen LogP) is 2.25. The van der Waals surface area contributed by atoms with Crippen LogP contribution in [0.25, 0.3) is 16.7 Å². The highest BCUT2D eigenvalue weighted by Gasteiger charge is 2.33. The molecule has 1 aromatic carbocycles. The number of fused-ring (bicyclic) bond motifs is 3. The maximum atomic E-state index is 13.4. The van der Waals surface area contributed by atoms with Crippen molar-refractivity contribution in [2.75, 3.05) is 12.5 Å². The Labute approximate surface area is 156 Å². The summed E-state index contributed by atoms with van der Waals surface area (Å²) in [6, 6.07) is 7.18. The summed E-state index contributed by atoms with van der Waals surface area (Å²) in [4.78, 5) is 21.2. The van der Waals surface area contributed by atoms with Crippen molar-refractivity contribution in [1.29, 1.82) is 0 Å². The zero-order valence-electron chi connectivity index (χ0n) is 15.6. The molecule has 4 rings (SSSR count). The van der Waals surface area contributed by atoms with Crippen LogP contribution >= 0.6 is 0 Å². The Balaban J connectivity index is 1.95. The average molecular weight is 369 g/mol. The van der Waals surface area contributed by atoms with Crippen LogP contribution in [0.1, 0.15) is 31.5 Å². The van der Waals surface area contributed by atoms with Crippen molar-refractivity contribution in [2.45, 2.75) is 38.9 Å². The van der Waals surface area contributed by atoms with Gasteiger partial charge in [-0.3, -0.25) is 10.2 Å². The van der Waals surface area contributed by atoms with Crippen molar-refractivity contribution < 1.29 is 9.47 Å². The van der Waals surface area contributed by atoms with Gasteiger partial charge in [0.1, 0.15) is 11.4 Å². The van der Waals surface area contributed by atoms with Crippen LogP contribution in [-0.2, 0) is 17.8 Å². The fourth-order valence-electron chi connectivity index (χ4n) is 3.54. The Hall–Kier alpha value is -2.84. The van der Waals surface area contributed by atoms with Crippen molar-refractivity contribution in [3.8, 4) is 11.4 Å². The van der Waals surface area contributed by atoms with E-state index in [1.807, 2.05) is 0 Å². The van der Waals surface area contributed by atoms with Crippen LogP contribution in [0.15, 0.2) is 29.1 Å². The van der Waals surface area contributed by atoms with Crippen LogP contribution in [0.2, 0.25) is 0 Å². The third-order valence-corrected chi connectivity index (χ3v) is 5.34. The van der Waals surface area contributed by atoms with Gasteiger partial charge in [0.15, 0.2) is 0 Å². The Morgan fingerprint density at radius 3 is 2.78 bits per heavy atom. The van der Waals surface area contributed by atoms with Gasteiger partial charge in [0.2, 0.25) is 5.95 Å². The van der Waals surface area contributed by atoms with Gasteiger partial charge in [0, 0.05) is 12.1 Å². The van der Waals surface area contributed by atoms with E-state index in [1.165, 1.54) is 4.57 Å². The minimum atomic E-state index is -0.287. The number of hydrazine groups is 1. The molecule has 0 amide bonds. The number of methoxy groups -OCH3 is 1. The minimum Gasteiger partial charge on any atom is -0.497 e. The molecule has 1 atom stereocenters. The second kappa shape index (κ2) is 6.40. The third kappa shape index (κ3) is 2.77. The number of benzene rings is 1. The molecular weight excluding hydrogens is 346 g/mol. The molecule has 2 aromatic heterocycles. The van der Waals surface area contributed by atoms with E-state index in [0.29, 0.717) is 35.5 Å². The fraction of sp³-hybridized carbons (Fsp3) is 0.368. The van der Waals surface area contributed by atoms with Crippen LogP contribution in [0.4, 0.5) is 5.95 Å². The van der Waals surface area contributed by atoms with E-state index < -0.39 is 0 Å². The number of aromatic amines is 1. The number of rotatable bonds is 4. The number of H-pyrrole nitrogens is 1. The van der Waals surface area contributed by atoms with Crippen molar-refractivity contribution in [2.24, 2.45) is 5.84 Å². The van der Waals surface area contributed by atoms with Crippen LogP contribution in [-0.4, -0.2) is 27.2 Å². The van der Waals surface area contributed by atoms with E-state index in [9.17, 15) is 4.79 Å². The number of nitrogens with one attached hydrogen (secondary N) is 2. The molecule has 0 saturated heterocycles. The van der Waals surface area contributed by atoms with Crippen molar-refractivity contribution in [3.63, 3.8) is 0 Å². The van der Waals surface area contributed by atoms with E-state index in [0.717, 1.165) is 17.7 Å². The summed E-state index contributed by atoms with van der Waals surface area (Å²) < 4.78 is 12.7. The topological polar surface area (TPSA) is 107 Å². The first-order valence-electron chi connectivity index (χ1n) is 8.91. The number of nitrogens with zero attached hydrogens (tertiary/aromatic N) is 2. The first kappa shape index (κ1) is 17.6. The molecule has 8 nitrogen and oxygen atoms in total. The van der Waals surface area contributed by atoms with Gasteiger partial charge in [-0.2, -0.15) is 4.98 Å². The maximum Gasteiger partial charge on any atom is 0.269 e. The lowest BCUT2D eigenvalue weighted by molar-refractivity contribution is -0.0572. The number of aromatic nitrogens is 3. The molecule has 0 saturated carbocycles. The number of nitrogen functional groups attached to an aromatic ring is 1. The molecule has 142 valence electrons. The second-order valence-corrected chi connectivity index (χ2v) is 6.99. The van der Waals surface area contributed by atoms with Crippen molar-refractivity contribution in [3.05, 3.63) is 45.9 Å². The number of ether oxygens (including phenoxy) is 2. The first-order valence-corrected chi connectivity index (χ1v) is 8.91. The quantitative estimate of drug-likeness (QED) is 0.481. The molecule has 3 aromatic rings. The largest absolute Gasteiger partial charge is 0.497 e. The Morgan fingerprint density at radius 1 is 1.41 bits per heavy atom. The fourth-order valence-corrected chi connectivity index (χ4v) is 3.54. The third-order valence-electron chi connectivity index (χ3n) is 5.34. The maximum absolute atomic E-state index is 13.4. The molecule has 3 heterocycles. The molecular formula is C19H23N5O3. The van der Waals surface area contributed by atoms with Crippen LogP contribution in [0, 0.1) is 0 Å². The Bertz CT molecular complexity index is 1050. The summed E-state index contributed by atoms with van der Waals surface area (Å²) in [6.45, 7) is 4.59. The summed E-state index contributed by atoms with van der Waals surface area (Å²) >= 11 is 0. The molecule has 1 aliphatic rings. The molecule has 0 spiro atoms. The van der Waals surface area contributed by atoms with Gasteiger partial charge < -0.3 is 14.5 Å². The predicted molar refractivity (Wildman–Crippen MR) is 103 cm³/mol. The molecule has 1 aliphatic heterocycles. The molecule has 0 radical (unpaired) electrons. The summed E-state index contributed by atoms with van der Waals surface area (Å²) in [7, 11) is 1.60. The Morgan fingerprint density at radius 2 is 2.15 bits per heavy atom. The van der Waals surface area contributed by atoms with Gasteiger partial charge in [-0.05, 0) is 43.2 Å². The van der Waals surface area contributed by atoms with Gasteiger partial charge in [-0.15, -0.1) is 0 Å². The van der Waals surface area contributed by atoms with Gasteiger partial charge in [-0.1, -0.05) is 6.92 Å². The monoisotopic (exact) mass is 369 g/mol. The summed E-state index contributed by atoms with van der Waals surface area (Å²) in [5, 5.41) is 0.586. The molecule has 0 fully saturated rings. The van der Waals surface area contributed by atoms with Gasteiger partial charge in [-0.25, -0.2) is 10.4 Å². The first-order chi connectivity index (χ1) is 13.0. The van der Waals surface area contributed by atoms with Gasteiger partial charge >= 0.3 is 0 Å². The highest BCUT2D eigenvalue weighted by molar-refractivity contribution is 5.82. The molecule has 0 bridgehead atoms. The standard InChI is InChI=1S/C19H23N5O3/c1-4-19(2)9-13-14(10-27-19)21-16-15(13)17(25)24(18(22-16)23-20)11-5-7-12(26-3)8-6-11/h5-8,21H,4,9-10,20H2,1-3H3,(H,22,23). The SMILES string of the molecule is CCC1(C)Cc2c([nH]c3nc(NN)n(-c4ccc(OC)cc4)c(=O)c23)CO1. The summed E-state index contributed by atoms with van der Waals surface area (Å²) in [5.74, 6) is 6.62. The van der Waals surface area contributed by atoms with Crippen molar-refractivity contribution in [1.82, 2.24) is 14.5 Å². The molecule has 4 N–H and O–H groups in total. The van der Waals surface area contributed by atoms with Crippen LogP contribution in [0.5, 0.6) is 5.75 Å². The van der Waals surface area contributed by atoms with Crippen molar-refractivity contribution >= 4 is 17.0 Å². The summed E-state index contributed by atoms with van der Waals surface area (Å²) in [6.07, 6.45) is 1.52. The normalized spacial score (nSPS) is 19.1. The lowest BCUT2D eigenvalue weighted by Gasteiger charge is -2.32. The van der Waals surface area contributed by atoms with E-state index in [1.54, 1.807) is 31.4 Å². The lowest BCUT2D eigenvalue weighted by Crippen LogP contribution is -2.35. The number of anilines is 1. The lowest BCUT2D eigenvalue weighted by atomic mass is 9.90. The second-order valence-electron chi connectivity index (χ2n) is 6.99. The zero-order valence-corrected chi connectivity index (χ0v) is 15.6. The number of hydrogen-bond acceptors (Lipinski definition) is 6. The number of hydrogen-bond donors (Lipinski definition) is 3. The number of nitrogens with two attached hydrogens (primary N) is 1. The highest BCUT2D eigenvalue weighted by Crippen LogP contribution is 2.33. The van der Waals surface area contributed by atoms with E-state index >= 15 is 0 Å².